The van der Waals surface area contributed by atoms with Gasteiger partial charge in [-0.15, -0.1) is 11.3 Å². The van der Waals surface area contributed by atoms with Crippen LogP contribution < -0.4 is 10.1 Å². The molecule has 0 radical (unpaired) electrons. The molecule has 28 heavy (non-hydrogen) atoms. The van der Waals surface area contributed by atoms with Crippen molar-refractivity contribution < 1.29 is 9.53 Å². The van der Waals surface area contributed by atoms with Gasteiger partial charge in [0.15, 0.2) is 0 Å². The molecule has 1 atom stereocenters. The van der Waals surface area contributed by atoms with Crippen LogP contribution in [0.3, 0.4) is 0 Å². The molecular formula is C23H24N2O2S. The molecule has 1 amide bonds. The van der Waals surface area contributed by atoms with Gasteiger partial charge in [0.05, 0.1) is 16.7 Å². The van der Waals surface area contributed by atoms with E-state index in [0.717, 1.165) is 33.1 Å². The highest BCUT2D eigenvalue weighted by Crippen LogP contribution is 2.21. The fraction of sp³-hybridized carbons (Fsp3) is 0.217. The van der Waals surface area contributed by atoms with E-state index in [1.54, 1.807) is 23.5 Å². The first-order valence-electron chi connectivity index (χ1n) is 9.20. The Labute approximate surface area is 169 Å². The number of amides is 1. The van der Waals surface area contributed by atoms with E-state index in [1.807, 2.05) is 74.7 Å². The summed E-state index contributed by atoms with van der Waals surface area (Å²) in [5.41, 5.74) is 4.04. The summed E-state index contributed by atoms with van der Waals surface area (Å²) in [6.45, 7) is 6.42. The summed E-state index contributed by atoms with van der Waals surface area (Å²) in [6.07, 6.45) is 3.32. The normalized spacial score (nSPS) is 12.1. The molecule has 0 unspecified atom stereocenters. The third-order valence-corrected chi connectivity index (χ3v) is 5.21. The Morgan fingerprint density at radius 2 is 1.93 bits per heavy atom. The molecule has 3 aromatic rings. The molecule has 2 aromatic carbocycles. The highest BCUT2D eigenvalue weighted by Gasteiger charge is 2.10. The van der Waals surface area contributed by atoms with Crippen molar-refractivity contribution >= 4 is 23.3 Å². The van der Waals surface area contributed by atoms with E-state index in [-0.39, 0.29) is 11.9 Å². The quantitative estimate of drug-likeness (QED) is 0.560. The molecule has 0 bridgehead atoms. The fourth-order valence-corrected chi connectivity index (χ4v) is 3.55. The van der Waals surface area contributed by atoms with Gasteiger partial charge >= 0.3 is 0 Å². The maximum Gasteiger partial charge on any atom is 0.244 e. The van der Waals surface area contributed by atoms with Crippen molar-refractivity contribution in [3.05, 3.63) is 87.4 Å². The van der Waals surface area contributed by atoms with Crippen molar-refractivity contribution in [2.24, 2.45) is 0 Å². The second kappa shape index (κ2) is 9.33. The van der Waals surface area contributed by atoms with Gasteiger partial charge in [-0.25, -0.2) is 4.98 Å². The van der Waals surface area contributed by atoms with Crippen molar-refractivity contribution in [2.45, 2.75) is 33.4 Å². The number of benzene rings is 2. The summed E-state index contributed by atoms with van der Waals surface area (Å²) in [5, 5.41) is 6.03. The smallest absolute Gasteiger partial charge is 0.244 e. The molecule has 1 aromatic heterocycles. The van der Waals surface area contributed by atoms with Crippen LogP contribution in [0.1, 0.15) is 40.4 Å². The van der Waals surface area contributed by atoms with Gasteiger partial charge in [0.2, 0.25) is 5.91 Å². The predicted molar refractivity (Wildman–Crippen MR) is 114 cm³/mol. The Balaban J connectivity index is 1.63. The molecular weight excluding hydrogens is 368 g/mol. The molecule has 0 fully saturated rings. The topological polar surface area (TPSA) is 51.2 Å². The average Bonchev–Trinajstić information content (AvgIpc) is 3.11. The summed E-state index contributed by atoms with van der Waals surface area (Å²) < 4.78 is 5.90. The van der Waals surface area contributed by atoms with Gasteiger partial charge in [-0.05, 0) is 44.0 Å². The van der Waals surface area contributed by atoms with E-state index in [4.69, 9.17) is 4.74 Å². The minimum atomic E-state index is -0.138. The molecule has 0 aliphatic heterocycles. The monoisotopic (exact) mass is 392 g/mol. The summed E-state index contributed by atoms with van der Waals surface area (Å²) in [6, 6.07) is 15.7. The number of para-hydroxylation sites is 1. The van der Waals surface area contributed by atoms with Crippen molar-refractivity contribution in [3.63, 3.8) is 0 Å². The molecule has 3 rings (SSSR count). The van der Waals surface area contributed by atoms with Gasteiger partial charge in [0, 0.05) is 17.0 Å². The standard InChI is InChI=1S/C23H24N2O2S/c1-16-8-4-6-10-21(16)17(2)24-23(26)13-12-19-9-5-7-11-22(19)27-14-20-15-28-18(3)25-20/h4-13,15,17H,14H2,1-3H3,(H,24,26)/b13-12+/t17-/m1/s1. The lowest BCUT2D eigenvalue weighted by molar-refractivity contribution is -0.117. The zero-order valence-electron chi connectivity index (χ0n) is 16.3. The van der Waals surface area contributed by atoms with Crippen molar-refractivity contribution in [2.75, 3.05) is 0 Å². The van der Waals surface area contributed by atoms with E-state index in [1.165, 1.54) is 0 Å². The third-order valence-electron chi connectivity index (χ3n) is 4.39. The third kappa shape index (κ3) is 5.30. The summed E-state index contributed by atoms with van der Waals surface area (Å²) in [5.74, 6) is 0.588. The van der Waals surface area contributed by atoms with Crippen LogP contribution in [0.5, 0.6) is 5.75 Å². The largest absolute Gasteiger partial charge is 0.487 e. The molecule has 5 heteroatoms. The van der Waals surface area contributed by atoms with Crippen LogP contribution in [0, 0.1) is 13.8 Å². The Morgan fingerprint density at radius 3 is 2.68 bits per heavy atom. The summed E-state index contributed by atoms with van der Waals surface area (Å²) in [4.78, 5) is 16.8. The van der Waals surface area contributed by atoms with Crippen LogP contribution in [0.15, 0.2) is 60.0 Å². The highest BCUT2D eigenvalue weighted by atomic mass is 32.1. The van der Waals surface area contributed by atoms with Gasteiger partial charge in [-0.2, -0.15) is 0 Å². The van der Waals surface area contributed by atoms with Gasteiger partial charge in [0.25, 0.3) is 0 Å². The zero-order valence-corrected chi connectivity index (χ0v) is 17.1. The SMILES string of the molecule is Cc1nc(COc2ccccc2/C=C/C(=O)N[C@H](C)c2ccccc2C)cs1. The van der Waals surface area contributed by atoms with E-state index in [9.17, 15) is 4.79 Å². The number of nitrogens with one attached hydrogen (secondary N) is 1. The Morgan fingerprint density at radius 1 is 1.18 bits per heavy atom. The van der Waals surface area contributed by atoms with Gasteiger partial charge in [-0.1, -0.05) is 42.5 Å². The van der Waals surface area contributed by atoms with E-state index < -0.39 is 0 Å². The minimum absolute atomic E-state index is 0.0576. The number of aryl methyl sites for hydroxylation is 2. The maximum absolute atomic E-state index is 12.4. The second-order valence-electron chi connectivity index (χ2n) is 6.60. The molecule has 0 saturated carbocycles. The van der Waals surface area contributed by atoms with Gasteiger partial charge in [0.1, 0.15) is 12.4 Å². The highest BCUT2D eigenvalue weighted by molar-refractivity contribution is 7.09. The number of hydrogen-bond donors (Lipinski definition) is 1. The lowest BCUT2D eigenvalue weighted by atomic mass is 10.0. The lowest BCUT2D eigenvalue weighted by Gasteiger charge is -2.15. The first kappa shape index (κ1) is 19.8. The van der Waals surface area contributed by atoms with Crippen LogP contribution in [-0.2, 0) is 11.4 Å². The summed E-state index contributed by atoms with van der Waals surface area (Å²) >= 11 is 1.60. The molecule has 1 N–H and O–H groups in total. The van der Waals surface area contributed by atoms with Crippen LogP contribution >= 0.6 is 11.3 Å². The van der Waals surface area contributed by atoms with Crippen LogP contribution in [-0.4, -0.2) is 10.9 Å². The molecule has 1 heterocycles. The van der Waals surface area contributed by atoms with Crippen LogP contribution in [0.2, 0.25) is 0 Å². The fourth-order valence-electron chi connectivity index (χ4n) is 2.95. The first-order chi connectivity index (χ1) is 13.5. The lowest BCUT2D eigenvalue weighted by Crippen LogP contribution is -2.25. The number of carbonyl (C=O) groups excluding carboxylic acids is 1. The molecule has 144 valence electrons. The number of ether oxygens (including phenoxy) is 1. The van der Waals surface area contributed by atoms with Crippen molar-refractivity contribution in [3.8, 4) is 5.75 Å². The van der Waals surface area contributed by atoms with E-state index in [0.29, 0.717) is 6.61 Å². The van der Waals surface area contributed by atoms with Gasteiger partial charge < -0.3 is 10.1 Å². The Kier molecular flexibility index (Phi) is 6.61. The van der Waals surface area contributed by atoms with E-state index >= 15 is 0 Å². The van der Waals surface area contributed by atoms with Crippen molar-refractivity contribution in [1.29, 1.82) is 0 Å². The first-order valence-corrected chi connectivity index (χ1v) is 10.1. The second-order valence-corrected chi connectivity index (χ2v) is 7.67. The number of nitrogens with zero attached hydrogens (tertiary/aromatic N) is 1. The molecule has 0 aliphatic rings. The zero-order chi connectivity index (χ0) is 19.9. The number of rotatable bonds is 7. The van der Waals surface area contributed by atoms with Crippen molar-refractivity contribution in [1.82, 2.24) is 10.3 Å². The number of aromatic nitrogens is 1. The molecule has 0 saturated heterocycles. The average molecular weight is 393 g/mol. The summed E-state index contributed by atoms with van der Waals surface area (Å²) in [7, 11) is 0. The minimum Gasteiger partial charge on any atom is -0.487 e. The van der Waals surface area contributed by atoms with Gasteiger partial charge in [-0.3, -0.25) is 4.79 Å². The predicted octanol–water partition coefficient (Wildman–Crippen LogP) is 5.23. The molecule has 0 aliphatic carbocycles. The Hall–Kier alpha value is -2.92. The number of carbonyl (C=O) groups is 1. The number of thiazole rings is 1. The Bertz CT molecular complexity index is 978. The van der Waals surface area contributed by atoms with E-state index in [2.05, 4.69) is 10.3 Å². The molecule has 4 nitrogen and oxygen atoms in total. The van der Waals surface area contributed by atoms with Crippen LogP contribution in [0.25, 0.3) is 6.08 Å². The number of hydrogen-bond acceptors (Lipinski definition) is 4. The molecule has 0 spiro atoms. The van der Waals surface area contributed by atoms with Crippen LogP contribution in [0.4, 0.5) is 0 Å². The maximum atomic E-state index is 12.4.